The third-order valence-corrected chi connectivity index (χ3v) is 6.08. The number of amides is 1. The van der Waals surface area contributed by atoms with Gasteiger partial charge in [-0.2, -0.15) is 0 Å². The van der Waals surface area contributed by atoms with E-state index in [0.717, 1.165) is 24.0 Å². The molecule has 0 fully saturated rings. The molecule has 2 aromatic rings. The number of rotatable bonds is 7. The second-order valence-electron chi connectivity index (χ2n) is 8.56. The normalized spacial score (nSPS) is 18.2. The summed E-state index contributed by atoms with van der Waals surface area (Å²) in [6, 6.07) is 11.3. The third kappa shape index (κ3) is 4.23. The van der Waals surface area contributed by atoms with Crippen LogP contribution in [0.25, 0.3) is 0 Å². The summed E-state index contributed by atoms with van der Waals surface area (Å²) in [6.07, 6.45) is 8.50. The number of carbonyl (C=O) groups is 2. The maximum atomic E-state index is 13.1. The molecule has 5 heteroatoms. The van der Waals surface area contributed by atoms with Crippen molar-refractivity contribution in [1.82, 2.24) is 0 Å². The number of nitrogens with one attached hydrogen (secondary N) is 2. The maximum Gasteiger partial charge on any atom is 0.343 e. The second kappa shape index (κ2) is 9.48. The zero-order chi connectivity index (χ0) is 22.6. The minimum Gasteiger partial charge on any atom is -0.421 e. The second-order valence-corrected chi connectivity index (χ2v) is 8.56. The van der Waals surface area contributed by atoms with Crippen molar-refractivity contribution < 1.29 is 14.3 Å². The summed E-state index contributed by atoms with van der Waals surface area (Å²) in [6.45, 7) is 4.16. The summed E-state index contributed by atoms with van der Waals surface area (Å²) < 4.78 is 5.79. The van der Waals surface area contributed by atoms with Gasteiger partial charge in [0.25, 0.3) is 11.6 Å². The highest BCUT2D eigenvalue weighted by Crippen LogP contribution is 2.44. The van der Waals surface area contributed by atoms with Crippen molar-refractivity contribution >= 4 is 23.3 Å². The van der Waals surface area contributed by atoms with E-state index in [1.807, 2.05) is 43.3 Å². The maximum absolute atomic E-state index is 13.1. The molecule has 0 aromatic heterocycles. The Morgan fingerprint density at radius 2 is 1.78 bits per heavy atom. The van der Waals surface area contributed by atoms with Crippen molar-refractivity contribution in [3.05, 3.63) is 58.7 Å². The fourth-order valence-electron chi connectivity index (χ4n) is 4.37. The molecule has 32 heavy (non-hydrogen) atoms. The van der Waals surface area contributed by atoms with Crippen LogP contribution in [0.15, 0.2) is 36.4 Å². The Labute approximate surface area is 189 Å². The van der Waals surface area contributed by atoms with E-state index in [9.17, 15) is 9.59 Å². The minimum atomic E-state index is -1.53. The molecule has 2 aliphatic heterocycles. The Kier molecular flexibility index (Phi) is 6.50. The van der Waals surface area contributed by atoms with Crippen LogP contribution in [-0.4, -0.2) is 11.9 Å². The molecule has 0 saturated carbocycles. The first kappa shape index (κ1) is 22.0. The number of carbonyl (C=O) groups excluding carboxylic acids is 2. The van der Waals surface area contributed by atoms with Crippen molar-refractivity contribution in [2.75, 3.05) is 10.6 Å². The van der Waals surface area contributed by atoms with Crippen LogP contribution >= 0.6 is 0 Å². The number of hydrogen-bond donors (Lipinski definition) is 2. The van der Waals surface area contributed by atoms with E-state index in [-0.39, 0.29) is 5.91 Å². The molecule has 1 atom stereocenters. The molecule has 4 rings (SSSR count). The fraction of sp³-hybridized carbons (Fsp3) is 0.407. The molecule has 1 spiro atoms. The van der Waals surface area contributed by atoms with Gasteiger partial charge in [0.2, 0.25) is 0 Å². The lowest BCUT2D eigenvalue weighted by Crippen LogP contribution is -2.49. The van der Waals surface area contributed by atoms with Gasteiger partial charge in [0.15, 0.2) is 0 Å². The van der Waals surface area contributed by atoms with Crippen LogP contribution in [0.4, 0.5) is 11.4 Å². The molecule has 0 saturated heterocycles. The van der Waals surface area contributed by atoms with E-state index in [0.29, 0.717) is 35.3 Å². The quantitative estimate of drug-likeness (QED) is 0.337. The average Bonchev–Trinajstić information content (AvgIpc) is 3.02. The lowest BCUT2D eigenvalue weighted by Gasteiger charge is -2.35. The lowest BCUT2D eigenvalue weighted by molar-refractivity contribution is -0.132. The summed E-state index contributed by atoms with van der Waals surface area (Å²) in [5, 5.41) is 6.04. The molecule has 2 aromatic carbocycles. The van der Waals surface area contributed by atoms with Crippen LogP contribution in [0.3, 0.4) is 0 Å². The van der Waals surface area contributed by atoms with Gasteiger partial charge < -0.3 is 15.4 Å². The van der Waals surface area contributed by atoms with Gasteiger partial charge in [-0.25, -0.2) is 4.79 Å². The summed E-state index contributed by atoms with van der Waals surface area (Å²) in [5.74, 6) is 5.62. The Morgan fingerprint density at radius 1 is 0.969 bits per heavy atom. The van der Waals surface area contributed by atoms with Crippen molar-refractivity contribution in [1.29, 1.82) is 0 Å². The zero-order valence-corrected chi connectivity index (χ0v) is 18.8. The third-order valence-electron chi connectivity index (χ3n) is 6.08. The van der Waals surface area contributed by atoms with Crippen LogP contribution in [0.5, 0.6) is 0 Å². The van der Waals surface area contributed by atoms with E-state index in [1.165, 1.54) is 25.7 Å². The monoisotopic (exact) mass is 430 g/mol. The highest BCUT2D eigenvalue weighted by molar-refractivity contribution is 6.11. The summed E-state index contributed by atoms with van der Waals surface area (Å²) in [7, 11) is 0. The number of anilines is 2. The number of aryl methyl sites for hydroxylation is 2. The first-order valence-corrected chi connectivity index (χ1v) is 11.6. The largest absolute Gasteiger partial charge is 0.421 e. The molecular formula is C27H30N2O3. The number of unbranched alkanes of at least 4 members (excludes halogenated alkanes) is 5. The number of fused-ring (bicyclic) bond motifs is 3. The SMILES string of the molecule is CCCCCCCC#CCCc1cccc2c1C(=O)OC1(N2)C(=O)Nc2ccc(C)cc21. The molecule has 1 amide bonds. The zero-order valence-electron chi connectivity index (χ0n) is 18.8. The molecule has 0 bridgehead atoms. The van der Waals surface area contributed by atoms with Crippen molar-refractivity contribution in [2.24, 2.45) is 0 Å². The molecule has 5 nitrogen and oxygen atoms in total. The van der Waals surface area contributed by atoms with E-state index in [1.54, 1.807) is 0 Å². The van der Waals surface area contributed by atoms with Gasteiger partial charge in [0.05, 0.1) is 22.5 Å². The van der Waals surface area contributed by atoms with Crippen LogP contribution in [-0.2, 0) is 21.7 Å². The summed E-state index contributed by atoms with van der Waals surface area (Å²) in [5.41, 5.74) is 2.75. The predicted molar refractivity (Wildman–Crippen MR) is 126 cm³/mol. The van der Waals surface area contributed by atoms with E-state index >= 15 is 0 Å². The van der Waals surface area contributed by atoms with Gasteiger partial charge >= 0.3 is 5.97 Å². The standard InChI is InChI=1S/C27H30N2O3/c1-3-4-5-6-7-8-9-10-11-13-20-14-12-15-23-24(20)25(30)32-27(29-23)21-18-19(2)16-17-22(21)28-26(27)31/h12,14-18,29H,3-8,11,13H2,1-2H3,(H,28,31). The van der Waals surface area contributed by atoms with E-state index in [4.69, 9.17) is 4.74 Å². The molecular weight excluding hydrogens is 400 g/mol. The van der Waals surface area contributed by atoms with Gasteiger partial charge in [-0.15, -0.1) is 11.8 Å². The average molecular weight is 431 g/mol. The van der Waals surface area contributed by atoms with Crippen LogP contribution < -0.4 is 10.6 Å². The first-order valence-electron chi connectivity index (χ1n) is 11.6. The Balaban J connectivity index is 1.47. The van der Waals surface area contributed by atoms with E-state index < -0.39 is 11.7 Å². The molecule has 2 N–H and O–H groups in total. The predicted octanol–water partition coefficient (Wildman–Crippen LogP) is 5.68. The Morgan fingerprint density at radius 3 is 2.62 bits per heavy atom. The highest BCUT2D eigenvalue weighted by atomic mass is 16.6. The number of esters is 1. The fourth-order valence-corrected chi connectivity index (χ4v) is 4.37. The Bertz CT molecular complexity index is 1100. The summed E-state index contributed by atoms with van der Waals surface area (Å²) >= 11 is 0. The number of benzene rings is 2. The van der Waals surface area contributed by atoms with Crippen molar-refractivity contribution in [2.45, 2.75) is 70.9 Å². The first-order chi connectivity index (χ1) is 15.5. The van der Waals surface area contributed by atoms with Gasteiger partial charge in [-0.05, 0) is 43.5 Å². The highest BCUT2D eigenvalue weighted by Gasteiger charge is 2.54. The molecule has 2 aliphatic rings. The van der Waals surface area contributed by atoms with Gasteiger partial charge in [0, 0.05) is 12.8 Å². The van der Waals surface area contributed by atoms with Crippen LogP contribution in [0, 0.1) is 18.8 Å². The molecule has 2 heterocycles. The van der Waals surface area contributed by atoms with Crippen LogP contribution in [0.2, 0.25) is 0 Å². The topological polar surface area (TPSA) is 67.4 Å². The van der Waals surface area contributed by atoms with Gasteiger partial charge in [0.1, 0.15) is 0 Å². The van der Waals surface area contributed by atoms with Crippen molar-refractivity contribution in [3.63, 3.8) is 0 Å². The van der Waals surface area contributed by atoms with E-state index in [2.05, 4.69) is 29.4 Å². The van der Waals surface area contributed by atoms with Crippen molar-refractivity contribution in [3.8, 4) is 11.8 Å². The molecule has 166 valence electrons. The van der Waals surface area contributed by atoms with Gasteiger partial charge in [-0.3, -0.25) is 4.79 Å². The molecule has 0 radical (unpaired) electrons. The lowest BCUT2D eigenvalue weighted by atomic mass is 9.95. The minimum absolute atomic E-state index is 0.382. The Hall–Kier alpha value is -3.26. The van der Waals surface area contributed by atoms with Crippen LogP contribution in [0.1, 0.15) is 78.9 Å². The summed E-state index contributed by atoms with van der Waals surface area (Å²) in [4.78, 5) is 25.9. The molecule has 0 aliphatic carbocycles. The number of ether oxygens (including phenoxy) is 1. The number of hydrogen-bond acceptors (Lipinski definition) is 4. The van der Waals surface area contributed by atoms with Gasteiger partial charge in [-0.1, -0.05) is 56.4 Å². The smallest absolute Gasteiger partial charge is 0.343 e. The molecule has 1 unspecified atom stereocenters.